The molecule has 1 saturated heterocycles. The third-order valence-electron chi connectivity index (χ3n) is 3.50. The highest BCUT2D eigenvalue weighted by Gasteiger charge is 2.42. The van der Waals surface area contributed by atoms with E-state index in [4.69, 9.17) is 12.2 Å². The molecule has 0 aliphatic carbocycles. The Bertz CT molecular complexity index is 559. The third kappa shape index (κ3) is 4.16. The van der Waals surface area contributed by atoms with E-state index in [1.165, 1.54) is 17.0 Å². The fourth-order valence-corrected chi connectivity index (χ4v) is 2.54. The van der Waals surface area contributed by atoms with Gasteiger partial charge in [0.1, 0.15) is 5.82 Å². The number of halogens is 4. The molecule has 0 radical (unpaired) electrons. The molecule has 1 N–H and O–H groups in total. The number of carbonyl (C=O) groups excluding carboxylic acids is 1. The van der Waals surface area contributed by atoms with Crippen LogP contribution < -0.4 is 5.32 Å². The van der Waals surface area contributed by atoms with Gasteiger partial charge in [0.05, 0.1) is 5.92 Å². The van der Waals surface area contributed by atoms with Crippen LogP contribution in [-0.4, -0.2) is 35.2 Å². The number of likely N-dealkylation sites (tertiary alicyclic amines) is 1. The molecule has 8 heteroatoms. The summed E-state index contributed by atoms with van der Waals surface area (Å²) in [4.78, 5) is 13.3. The van der Waals surface area contributed by atoms with Crippen molar-refractivity contribution in [3.8, 4) is 0 Å². The van der Waals surface area contributed by atoms with Gasteiger partial charge in [-0.1, -0.05) is 0 Å². The molecule has 1 aromatic rings. The first-order chi connectivity index (χ1) is 10.3. The summed E-state index contributed by atoms with van der Waals surface area (Å²) in [5.41, 5.74) is 0.188. The van der Waals surface area contributed by atoms with E-state index in [9.17, 15) is 22.4 Å². The maximum Gasteiger partial charge on any atom is 0.393 e. The number of alkyl halides is 3. The van der Waals surface area contributed by atoms with E-state index in [1.807, 2.05) is 0 Å². The van der Waals surface area contributed by atoms with Gasteiger partial charge in [-0.3, -0.25) is 10.1 Å². The molecule has 0 bridgehead atoms. The lowest BCUT2D eigenvalue weighted by atomic mass is 9.98. The van der Waals surface area contributed by atoms with Crippen LogP contribution in [0.15, 0.2) is 24.3 Å². The van der Waals surface area contributed by atoms with Crippen molar-refractivity contribution in [2.24, 2.45) is 5.92 Å². The molecule has 0 saturated carbocycles. The van der Waals surface area contributed by atoms with Crippen molar-refractivity contribution in [2.45, 2.75) is 19.0 Å². The molecular formula is C14H14F4N2OS. The van der Waals surface area contributed by atoms with Crippen molar-refractivity contribution in [3.63, 3.8) is 0 Å². The van der Waals surface area contributed by atoms with Gasteiger partial charge in [-0.25, -0.2) is 4.39 Å². The number of benzene rings is 1. The maximum absolute atomic E-state index is 12.8. The molecule has 0 spiro atoms. The Balaban J connectivity index is 1.96. The Kier molecular flexibility index (Phi) is 5.00. The number of rotatable bonds is 1. The smallest absolute Gasteiger partial charge is 0.348 e. The summed E-state index contributed by atoms with van der Waals surface area (Å²) < 4.78 is 51.0. The van der Waals surface area contributed by atoms with Crippen LogP contribution in [-0.2, 0) is 0 Å². The predicted octanol–water partition coefficient (Wildman–Crippen LogP) is 3.11. The topological polar surface area (TPSA) is 32.3 Å². The number of nitrogens with zero attached hydrogens (tertiary/aromatic N) is 1. The van der Waals surface area contributed by atoms with Gasteiger partial charge >= 0.3 is 6.18 Å². The Morgan fingerprint density at radius 1 is 1.27 bits per heavy atom. The lowest BCUT2D eigenvalue weighted by Crippen LogP contribution is -2.49. The molecule has 1 aromatic carbocycles. The van der Waals surface area contributed by atoms with Crippen molar-refractivity contribution in [1.82, 2.24) is 10.2 Å². The highest BCUT2D eigenvalue weighted by molar-refractivity contribution is 7.80. The van der Waals surface area contributed by atoms with Gasteiger partial charge in [-0.05, 0) is 49.3 Å². The van der Waals surface area contributed by atoms with Gasteiger partial charge in [0.15, 0.2) is 5.11 Å². The van der Waals surface area contributed by atoms with E-state index in [0.29, 0.717) is 13.0 Å². The minimum Gasteiger partial charge on any atom is -0.348 e. The zero-order valence-corrected chi connectivity index (χ0v) is 12.3. The molecule has 1 atom stereocenters. The summed E-state index contributed by atoms with van der Waals surface area (Å²) in [6.45, 7) is 0.112. The Hall–Kier alpha value is -1.70. The summed E-state index contributed by atoms with van der Waals surface area (Å²) in [7, 11) is 0. The monoisotopic (exact) mass is 334 g/mol. The van der Waals surface area contributed by atoms with Gasteiger partial charge < -0.3 is 4.90 Å². The molecular weight excluding hydrogens is 320 g/mol. The number of carbonyl (C=O) groups is 1. The summed E-state index contributed by atoms with van der Waals surface area (Å²) in [5, 5.41) is 2.35. The SMILES string of the molecule is O=C(NC(=S)N1CCC[C@@H](C(F)(F)F)C1)c1ccc(F)cc1. The van der Waals surface area contributed by atoms with Crippen molar-refractivity contribution < 1.29 is 22.4 Å². The van der Waals surface area contributed by atoms with Crippen LogP contribution in [0.4, 0.5) is 17.6 Å². The first-order valence-electron chi connectivity index (χ1n) is 6.70. The van der Waals surface area contributed by atoms with E-state index < -0.39 is 23.8 Å². The number of thiocarbonyl (C=S) groups is 1. The summed E-state index contributed by atoms with van der Waals surface area (Å²) >= 11 is 5.00. The Morgan fingerprint density at radius 3 is 2.50 bits per heavy atom. The quantitative estimate of drug-likeness (QED) is 0.633. The minimum atomic E-state index is -4.27. The molecule has 0 aromatic heterocycles. The molecule has 1 aliphatic rings. The molecule has 120 valence electrons. The number of hydrogen-bond donors (Lipinski definition) is 1. The zero-order valence-electron chi connectivity index (χ0n) is 11.5. The standard InChI is InChI=1S/C14H14F4N2OS/c15-11-5-3-9(4-6-11)12(21)19-13(22)20-7-1-2-10(8-20)14(16,17)18/h3-6,10H,1-2,7-8H2,(H,19,21,22)/t10-/m1/s1. The van der Waals surface area contributed by atoms with Gasteiger partial charge in [0.25, 0.3) is 5.91 Å². The average molecular weight is 334 g/mol. The summed E-state index contributed by atoms with van der Waals surface area (Å²) in [6, 6.07) is 4.81. The number of nitrogens with one attached hydrogen (secondary N) is 1. The van der Waals surface area contributed by atoms with E-state index in [1.54, 1.807) is 0 Å². The predicted molar refractivity (Wildman–Crippen MR) is 76.8 cm³/mol. The number of piperidine rings is 1. The molecule has 1 amide bonds. The third-order valence-corrected chi connectivity index (χ3v) is 3.86. The fraction of sp³-hybridized carbons (Fsp3) is 0.429. The molecule has 22 heavy (non-hydrogen) atoms. The largest absolute Gasteiger partial charge is 0.393 e. The molecule has 1 fully saturated rings. The van der Waals surface area contributed by atoms with Crippen LogP contribution >= 0.6 is 12.2 Å². The lowest BCUT2D eigenvalue weighted by molar-refractivity contribution is -0.183. The van der Waals surface area contributed by atoms with E-state index in [0.717, 1.165) is 12.1 Å². The molecule has 2 rings (SSSR count). The normalized spacial score (nSPS) is 18.9. The van der Waals surface area contributed by atoms with Crippen molar-refractivity contribution in [3.05, 3.63) is 35.6 Å². The van der Waals surface area contributed by atoms with Gasteiger partial charge in [0.2, 0.25) is 0 Å². The van der Waals surface area contributed by atoms with E-state index in [2.05, 4.69) is 5.32 Å². The van der Waals surface area contributed by atoms with Crippen molar-refractivity contribution >= 4 is 23.2 Å². The van der Waals surface area contributed by atoms with Gasteiger partial charge in [-0.2, -0.15) is 13.2 Å². The molecule has 1 aliphatic heterocycles. The number of hydrogen-bond acceptors (Lipinski definition) is 2. The molecule has 0 unspecified atom stereocenters. The zero-order chi connectivity index (χ0) is 16.3. The van der Waals surface area contributed by atoms with Crippen LogP contribution in [0.25, 0.3) is 0 Å². The minimum absolute atomic E-state index is 0.0386. The second-order valence-corrected chi connectivity index (χ2v) is 5.48. The lowest BCUT2D eigenvalue weighted by Gasteiger charge is -2.35. The van der Waals surface area contributed by atoms with Crippen LogP contribution in [0.1, 0.15) is 23.2 Å². The number of amides is 1. The molecule has 3 nitrogen and oxygen atoms in total. The van der Waals surface area contributed by atoms with Crippen LogP contribution in [0.3, 0.4) is 0 Å². The molecule has 1 heterocycles. The maximum atomic E-state index is 12.8. The van der Waals surface area contributed by atoms with Crippen LogP contribution in [0, 0.1) is 11.7 Å². The average Bonchev–Trinajstić information content (AvgIpc) is 2.47. The second-order valence-electron chi connectivity index (χ2n) is 5.09. The van der Waals surface area contributed by atoms with E-state index in [-0.39, 0.29) is 23.6 Å². The fourth-order valence-electron chi connectivity index (χ4n) is 2.28. The van der Waals surface area contributed by atoms with Crippen LogP contribution in [0.2, 0.25) is 0 Å². The second kappa shape index (κ2) is 6.60. The first kappa shape index (κ1) is 16.7. The highest BCUT2D eigenvalue weighted by atomic mass is 32.1. The first-order valence-corrected chi connectivity index (χ1v) is 7.11. The van der Waals surface area contributed by atoms with E-state index >= 15 is 0 Å². The highest BCUT2D eigenvalue weighted by Crippen LogP contribution is 2.33. The van der Waals surface area contributed by atoms with Gasteiger partial charge in [0, 0.05) is 18.7 Å². The summed E-state index contributed by atoms with van der Waals surface area (Å²) in [5.74, 6) is -2.50. The van der Waals surface area contributed by atoms with Gasteiger partial charge in [-0.15, -0.1) is 0 Å². The summed E-state index contributed by atoms with van der Waals surface area (Å²) in [6.07, 6.45) is -3.85. The van der Waals surface area contributed by atoms with Crippen molar-refractivity contribution in [1.29, 1.82) is 0 Å². The van der Waals surface area contributed by atoms with Crippen LogP contribution in [0.5, 0.6) is 0 Å². The Morgan fingerprint density at radius 2 is 1.91 bits per heavy atom. The Labute approximate surface area is 130 Å². The van der Waals surface area contributed by atoms with Crippen molar-refractivity contribution in [2.75, 3.05) is 13.1 Å².